The van der Waals surface area contributed by atoms with Gasteiger partial charge in [-0.05, 0) is 51.0 Å². The summed E-state index contributed by atoms with van der Waals surface area (Å²) in [5.41, 5.74) is 3.44. The van der Waals surface area contributed by atoms with Crippen LogP contribution in [0.1, 0.15) is 51.1 Å². The lowest BCUT2D eigenvalue weighted by atomic mass is 10.0. The second kappa shape index (κ2) is 5.92. The highest BCUT2D eigenvalue weighted by Crippen LogP contribution is 2.36. The first-order valence-corrected chi connectivity index (χ1v) is 7.96. The van der Waals surface area contributed by atoms with E-state index in [2.05, 4.69) is 23.5 Å². The molecule has 0 unspecified atom stereocenters. The van der Waals surface area contributed by atoms with E-state index in [0.29, 0.717) is 5.92 Å². The Morgan fingerprint density at radius 3 is 2.62 bits per heavy atom. The molecule has 1 N–H and O–H groups in total. The number of hydrogen-bond acceptors (Lipinski definition) is 3. The summed E-state index contributed by atoms with van der Waals surface area (Å²) in [5.74, 6) is 1.54. The van der Waals surface area contributed by atoms with Gasteiger partial charge in [-0.25, -0.2) is 0 Å². The molecular weight excluding hydrogens is 260 g/mol. The van der Waals surface area contributed by atoms with Gasteiger partial charge in [-0.1, -0.05) is 12.8 Å². The SMILES string of the molecule is CNc1cc(C2CCCC2)nc2ccc(OC(C)C)cc12. The molecule has 3 rings (SSSR count). The first-order chi connectivity index (χ1) is 10.2. The zero-order valence-electron chi connectivity index (χ0n) is 13.1. The van der Waals surface area contributed by atoms with Gasteiger partial charge in [-0.15, -0.1) is 0 Å². The van der Waals surface area contributed by atoms with Crippen LogP contribution < -0.4 is 10.1 Å². The molecular formula is C18H24N2O. The Kier molecular flexibility index (Phi) is 4.00. The van der Waals surface area contributed by atoms with Crippen LogP contribution in [0, 0.1) is 0 Å². The fourth-order valence-corrected chi connectivity index (χ4v) is 3.21. The molecule has 1 fully saturated rings. The van der Waals surface area contributed by atoms with Crippen molar-refractivity contribution in [1.82, 2.24) is 4.98 Å². The van der Waals surface area contributed by atoms with E-state index in [4.69, 9.17) is 9.72 Å². The minimum absolute atomic E-state index is 0.186. The van der Waals surface area contributed by atoms with E-state index in [1.54, 1.807) is 0 Å². The fraction of sp³-hybridized carbons (Fsp3) is 0.500. The van der Waals surface area contributed by atoms with Crippen LogP contribution in [-0.2, 0) is 0 Å². The highest BCUT2D eigenvalue weighted by molar-refractivity contribution is 5.92. The van der Waals surface area contributed by atoms with Crippen molar-refractivity contribution in [3.05, 3.63) is 30.0 Å². The first kappa shape index (κ1) is 14.2. The van der Waals surface area contributed by atoms with Gasteiger partial charge in [0.2, 0.25) is 0 Å². The Morgan fingerprint density at radius 2 is 1.95 bits per heavy atom. The molecule has 0 aliphatic heterocycles. The van der Waals surface area contributed by atoms with Crippen molar-refractivity contribution >= 4 is 16.6 Å². The molecule has 0 atom stereocenters. The van der Waals surface area contributed by atoms with Gasteiger partial charge >= 0.3 is 0 Å². The van der Waals surface area contributed by atoms with Gasteiger partial charge in [0.05, 0.1) is 11.6 Å². The van der Waals surface area contributed by atoms with Crippen molar-refractivity contribution in [2.45, 2.75) is 51.6 Å². The summed E-state index contributed by atoms with van der Waals surface area (Å²) in [7, 11) is 1.98. The van der Waals surface area contributed by atoms with Crippen molar-refractivity contribution in [2.24, 2.45) is 0 Å². The van der Waals surface area contributed by atoms with Gasteiger partial charge in [-0.3, -0.25) is 4.98 Å². The number of fused-ring (bicyclic) bond motifs is 1. The molecule has 21 heavy (non-hydrogen) atoms. The van der Waals surface area contributed by atoms with Gasteiger partial charge in [0, 0.05) is 29.7 Å². The molecule has 0 bridgehead atoms. The predicted octanol–water partition coefficient (Wildman–Crippen LogP) is 4.72. The molecule has 1 aromatic heterocycles. The molecule has 0 saturated heterocycles. The van der Waals surface area contributed by atoms with E-state index >= 15 is 0 Å². The molecule has 3 heteroatoms. The standard InChI is InChI=1S/C18H24N2O/c1-12(2)21-14-8-9-16-15(10-14)18(19-3)11-17(20-16)13-6-4-5-7-13/h8-13H,4-7H2,1-3H3,(H,19,20). The topological polar surface area (TPSA) is 34.2 Å². The third-order valence-electron chi connectivity index (χ3n) is 4.21. The number of pyridine rings is 1. The molecule has 3 nitrogen and oxygen atoms in total. The lowest BCUT2D eigenvalue weighted by Crippen LogP contribution is -2.06. The summed E-state index contributed by atoms with van der Waals surface area (Å²) >= 11 is 0. The second-order valence-corrected chi connectivity index (χ2v) is 6.17. The minimum atomic E-state index is 0.186. The maximum absolute atomic E-state index is 5.80. The Morgan fingerprint density at radius 1 is 1.19 bits per heavy atom. The van der Waals surface area contributed by atoms with E-state index in [0.717, 1.165) is 22.3 Å². The summed E-state index contributed by atoms with van der Waals surface area (Å²) in [6.45, 7) is 4.09. The highest BCUT2D eigenvalue weighted by atomic mass is 16.5. The van der Waals surface area contributed by atoms with Crippen LogP contribution in [0.25, 0.3) is 10.9 Å². The molecule has 0 spiro atoms. The molecule has 1 aliphatic carbocycles. The van der Waals surface area contributed by atoms with Crippen LogP contribution >= 0.6 is 0 Å². The van der Waals surface area contributed by atoms with Crippen molar-refractivity contribution in [2.75, 3.05) is 12.4 Å². The van der Waals surface area contributed by atoms with Crippen LogP contribution in [0.15, 0.2) is 24.3 Å². The van der Waals surface area contributed by atoms with Crippen LogP contribution in [0.5, 0.6) is 5.75 Å². The smallest absolute Gasteiger partial charge is 0.120 e. The normalized spacial score (nSPS) is 15.8. The van der Waals surface area contributed by atoms with Crippen molar-refractivity contribution in [3.63, 3.8) is 0 Å². The second-order valence-electron chi connectivity index (χ2n) is 6.17. The molecule has 112 valence electrons. The third kappa shape index (κ3) is 2.97. The van der Waals surface area contributed by atoms with Gasteiger partial charge in [-0.2, -0.15) is 0 Å². The maximum Gasteiger partial charge on any atom is 0.120 e. The van der Waals surface area contributed by atoms with Crippen LogP contribution in [-0.4, -0.2) is 18.1 Å². The molecule has 1 aromatic carbocycles. The summed E-state index contributed by atoms with van der Waals surface area (Å²) < 4.78 is 5.80. The summed E-state index contributed by atoms with van der Waals surface area (Å²) in [5, 5.41) is 4.46. The number of benzene rings is 1. The number of anilines is 1. The Balaban J connectivity index is 2.04. The van der Waals surface area contributed by atoms with E-state index < -0.39 is 0 Å². The monoisotopic (exact) mass is 284 g/mol. The fourth-order valence-electron chi connectivity index (χ4n) is 3.21. The van der Waals surface area contributed by atoms with Crippen molar-refractivity contribution < 1.29 is 4.74 Å². The number of ether oxygens (including phenoxy) is 1. The number of rotatable bonds is 4. The first-order valence-electron chi connectivity index (χ1n) is 7.96. The van der Waals surface area contributed by atoms with E-state index in [9.17, 15) is 0 Å². The quantitative estimate of drug-likeness (QED) is 0.882. The number of aromatic nitrogens is 1. The molecule has 0 radical (unpaired) electrons. The summed E-state index contributed by atoms with van der Waals surface area (Å²) in [6.07, 6.45) is 5.40. The van der Waals surface area contributed by atoms with Crippen LogP contribution in [0.4, 0.5) is 5.69 Å². The lowest BCUT2D eigenvalue weighted by molar-refractivity contribution is 0.243. The summed E-state index contributed by atoms with van der Waals surface area (Å²) in [6, 6.07) is 8.41. The van der Waals surface area contributed by atoms with Gasteiger partial charge in [0.1, 0.15) is 5.75 Å². The molecule has 2 aromatic rings. The van der Waals surface area contributed by atoms with Gasteiger partial charge < -0.3 is 10.1 Å². The predicted molar refractivity (Wildman–Crippen MR) is 88.3 cm³/mol. The average Bonchev–Trinajstić information content (AvgIpc) is 2.99. The molecule has 1 saturated carbocycles. The number of hydrogen-bond donors (Lipinski definition) is 1. The van der Waals surface area contributed by atoms with Gasteiger partial charge in [0.15, 0.2) is 0 Å². The van der Waals surface area contributed by atoms with E-state index in [-0.39, 0.29) is 6.10 Å². The molecule has 0 amide bonds. The summed E-state index contributed by atoms with van der Waals surface area (Å²) in [4.78, 5) is 4.89. The lowest BCUT2D eigenvalue weighted by Gasteiger charge is -2.15. The van der Waals surface area contributed by atoms with E-state index in [1.165, 1.54) is 31.4 Å². The van der Waals surface area contributed by atoms with Crippen molar-refractivity contribution in [1.29, 1.82) is 0 Å². The Bertz CT molecular complexity index is 630. The largest absolute Gasteiger partial charge is 0.491 e. The van der Waals surface area contributed by atoms with E-state index in [1.807, 2.05) is 27.0 Å². The zero-order valence-corrected chi connectivity index (χ0v) is 13.1. The Labute approximate surface area is 126 Å². The van der Waals surface area contributed by atoms with Crippen molar-refractivity contribution in [3.8, 4) is 5.75 Å². The van der Waals surface area contributed by atoms with Crippen LogP contribution in [0.2, 0.25) is 0 Å². The molecule has 1 aliphatic rings. The van der Waals surface area contributed by atoms with Gasteiger partial charge in [0.25, 0.3) is 0 Å². The maximum atomic E-state index is 5.80. The average molecular weight is 284 g/mol. The zero-order chi connectivity index (χ0) is 14.8. The Hall–Kier alpha value is -1.77. The number of nitrogens with one attached hydrogen (secondary N) is 1. The van der Waals surface area contributed by atoms with Crippen LogP contribution in [0.3, 0.4) is 0 Å². The molecule has 1 heterocycles. The third-order valence-corrected chi connectivity index (χ3v) is 4.21. The number of nitrogens with zero attached hydrogens (tertiary/aromatic N) is 1. The highest BCUT2D eigenvalue weighted by Gasteiger charge is 2.19. The minimum Gasteiger partial charge on any atom is -0.491 e.